The third-order valence-corrected chi connectivity index (χ3v) is 4.69. The van der Waals surface area contributed by atoms with E-state index < -0.39 is 17.9 Å². The molecule has 2 aromatic carbocycles. The number of benzene rings is 2. The predicted molar refractivity (Wildman–Crippen MR) is 96.4 cm³/mol. The summed E-state index contributed by atoms with van der Waals surface area (Å²) in [5.41, 5.74) is 1.07. The van der Waals surface area contributed by atoms with E-state index in [-0.39, 0.29) is 19.1 Å². The number of esters is 1. The van der Waals surface area contributed by atoms with E-state index in [4.69, 9.17) is 49.0 Å². The maximum atomic E-state index is 12.0. The zero-order valence-corrected chi connectivity index (χ0v) is 15.4. The lowest BCUT2D eigenvalue weighted by Crippen LogP contribution is -2.31. The van der Waals surface area contributed by atoms with Gasteiger partial charge in [0, 0.05) is 10.6 Å². The van der Waals surface area contributed by atoms with Crippen molar-refractivity contribution in [1.82, 2.24) is 0 Å². The molecule has 0 unspecified atom stereocenters. The molecule has 1 saturated heterocycles. The molecule has 7 heteroatoms. The van der Waals surface area contributed by atoms with Crippen LogP contribution in [0.15, 0.2) is 48.5 Å². The maximum absolute atomic E-state index is 12.0. The van der Waals surface area contributed by atoms with Gasteiger partial charge >= 0.3 is 5.97 Å². The van der Waals surface area contributed by atoms with Crippen LogP contribution in [0, 0.1) is 0 Å². The Bertz CT molecular complexity index is 753. The van der Waals surface area contributed by atoms with Gasteiger partial charge in [0.1, 0.15) is 12.7 Å². The Balaban J connectivity index is 1.66. The number of hydrogen-bond acceptors (Lipinski definition) is 4. The van der Waals surface area contributed by atoms with E-state index >= 15 is 0 Å². The summed E-state index contributed by atoms with van der Waals surface area (Å²) in [6.07, 6.45) is -0.446. The molecular weight excluding hydrogens is 387 g/mol. The number of hydrogen-bond donors (Lipinski definition) is 0. The molecule has 1 fully saturated rings. The molecule has 3 rings (SSSR count). The Kier molecular flexibility index (Phi) is 5.87. The Morgan fingerprint density at radius 3 is 2.64 bits per heavy atom. The van der Waals surface area contributed by atoms with Gasteiger partial charge in [-0.05, 0) is 24.3 Å². The summed E-state index contributed by atoms with van der Waals surface area (Å²) in [5.74, 6) is -1.57. The minimum absolute atomic E-state index is 0.0392. The van der Waals surface area contributed by atoms with Crippen molar-refractivity contribution in [3.8, 4) is 0 Å². The van der Waals surface area contributed by atoms with E-state index in [0.29, 0.717) is 21.2 Å². The molecule has 0 radical (unpaired) electrons. The molecule has 132 valence electrons. The van der Waals surface area contributed by atoms with Crippen molar-refractivity contribution < 1.29 is 19.0 Å². The maximum Gasteiger partial charge on any atom is 0.338 e. The van der Waals surface area contributed by atoms with E-state index in [0.717, 1.165) is 0 Å². The summed E-state index contributed by atoms with van der Waals surface area (Å²) in [4.78, 5) is 12.0. The van der Waals surface area contributed by atoms with Crippen molar-refractivity contribution in [2.24, 2.45) is 0 Å². The molecule has 25 heavy (non-hydrogen) atoms. The van der Waals surface area contributed by atoms with Crippen molar-refractivity contribution in [2.75, 3.05) is 19.1 Å². The fraction of sp³-hybridized carbons (Fsp3) is 0.278. The third-order valence-electron chi connectivity index (χ3n) is 3.79. The molecular formula is C18H15Cl3O4. The average molecular weight is 402 g/mol. The first-order chi connectivity index (χ1) is 12.0. The van der Waals surface area contributed by atoms with Gasteiger partial charge in [-0.15, -0.1) is 11.6 Å². The van der Waals surface area contributed by atoms with Crippen LogP contribution in [0.3, 0.4) is 0 Å². The normalized spacial score (nSPS) is 22.8. The third kappa shape index (κ3) is 4.10. The van der Waals surface area contributed by atoms with Gasteiger partial charge in [-0.1, -0.05) is 47.5 Å². The first-order valence-electron chi connectivity index (χ1n) is 7.59. The predicted octanol–water partition coefficient (Wildman–Crippen LogP) is 4.66. The van der Waals surface area contributed by atoms with Crippen LogP contribution in [-0.2, 0) is 20.0 Å². The Labute approximate surface area is 160 Å². The molecule has 1 heterocycles. The lowest BCUT2D eigenvalue weighted by molar-refractivity contribution is -0.162. The number of carbonyl (C=O) groups is 1. The quantitative estimate of drug-likeness (QED) is 0.540. The largest absolute Gasteiger partial charge is 0.459 e. The minimum atomic E-state index is -1.19. The summed E-state index contributed by atoms with van der Waals surface area (Å²) >= 11 is 18.3. The molecule has 1 aliphatic rings. The fourth-order valence-corrected chi connectivity index (χ4v) is 3.39. The lowest BCUT2D eigenvalue weighted by Gasteiger charge is -2.27. The molecule has 1 aliphatic heterocycles. The Hall–Kier alpha value is -1.30. The van der Waals surface area contributed by atoms with Crippen LogP contribution in [-0.4, -0.2) is 31.2 Å². The van der Waals surface area contributed by atoms with Crippen LogP contribution in [0.5, 0.6) is 0 Å². The highest BCUT2D eigenvalue weighted by Crippen LogP contribution is 2.40. The van der Waals surface area contributed by atoms with Crippen molar-refractivity contribution in [1.29, 1.82) is 0 Å². The minimum Gasteiger partial charge on any atom is -0.459 e. The summed E-state index contributed by atoms with van der Waals surface area (Å²) < 4.78 is 17.0. The van der Waals surface area contributed by atoms with E-state index in [2.05, 4.69) is 0 Å². The molecule has 4 nitrogen and oxygen atoms in total. The van der Waals surface area contributed by atoms with Gasteiger partial charge in [-0.2, -0.15) is 0 Å². The molecule has 0 saturated carbocycles. The average Bonchev–Trinajstić information content (AvgIpc) is 3.05. The van der Waals surface area contributed by atoms with E-state index in [1.165, 1.54) is 0 Å². The van der Waals surface area contributed by atoms with Gasteiger partial charge in [0.15, 0.2) is 0 Å². The molecule has 0 aromatic heterocycles. The molecule has 0 N–H and O–H groups in total. The van der Waals surface area contributed by atoms with Gasteiger partial charge in [-0.25, -0.2) is 4.79 Å². The van der Waals surface area contributed by atoms with Gasteiger partial charge < -0.3 is 14.2 Å². The highest BCUT2D eigenvalue weighted by Gasteiger charge is 2.44. The van der Waals surface area contributed by atoms with Crippen LogP contribution in [0.1, 0.15) is 15.9 Å². The Morgan fingerprint density at radius 2 is 1.96 bits per heavy atom. The SMILES string of the molecule is O=C(OC[C@@H]1CO[C@](CCl)(c2ccc(Cl)cc2Cl)O1)c1ccccc1. The zero-order chi connectivity index (χ0) is 17.9. The first-order valence-corrected chi connectivity index (χ1v) is 8.88. The summed E-state index contributed by atoms with van der Waals surface area (Å²) in [7, 11) is 0. The van der Waals surface area contributed by atoms with Gasteiger partial charge in [0.25, 0.3) is 0 Å². The highest BCUT2D eigenvalue weighted by atomic mass is 35.5. The van der Waals surface area contributed by atoms with E-state index in [1.54, 1.807) is 42.5 Å². The number of alkyl halides is 1. The number of halogens is 3. The monoisotopic (exact) mass is 400 g/mol. The van der Waals surface area contributed by atoms with Crippen molar-refractivity contribution in [3.63, 3.8) is 0 Å². The van der Waals surface area contributed by atoms with Crippen LogP contribution in [0.4, 0.5) is 0 Å². The summed E-state index contributed by atoms with van der Waals surface area (Å²) in [5, 5.41) is 0.903. The second-order valence-corrected chi connectivity index (χ2v) is 6.64. The van der Waals surface area contributed by atoms with Crippen LogP contribution in [0.2, 0.25) is 10.0 Å². The second kappa shape index (κ2) is 7.94. The first kappa shape index (κ1) is 18.5. The Morgan fingerprint density at radius 1 is 1.20 bits per heavy atom. The molecule has 0 aliphatic carbocycles. The fourth-order valence-electron chi connectivity index (χ4n) is 2.55. The van der Waals surface area contributed by atoms with Crippen molar-refractivity contribution in [3.05, 3.63) is 69.7 Å². The summed E-state index contributed by atoms with van der Waals surface area (Å²) in [6, 6.07) is 13.7. The van der Waals surface area contributed by atoms with Crippen LogP contribution in [0.25, 0.3) is 0 Å². The van der Waals surface area contributed by atoms with Gasteiger partial charge in [-0.3, -0.25) is 0 Å². The molecule has 2 aromatic rings. The summed E-state index contributed by atoms with van der Waals surface area (Å²) in [6.45, 7) is 0.283. The van der Waals surface area contributed by atoms with E-state index in [9.17, 15) is 4.79 Å². The molecule has 0 spiro atoms. The van der Waals surface area contributed by atoms with Crippen molar-refractivity contribution in [2.45, 2.75) is 11.9 Å². The smallest absolute Gasteiger partial charge is 0.338 e. The van der Waals surface area contributed by atoms with E-state index in [1.807, 2.05) is 6.07 Å². The second-order valence-electron chi connectivity index (χ2n) is 5.53. The van der Waals surface area contributed by atoms with Crippen LogP contribution >= 0.6 is 34.8 Å². The lowest BCUT2D eigenvalue weighted by atomic mass is 10.1. The number of carbonyl (C=O) groups excluding carboxylic acids is 1. The standard InChI is InChI=1S/C18H15Cl3O4/c19-11-18(15-7-6-13(20)8-16(15)21)24-10-14(25-18)9-23-17(22)12-4-2-1-3-5-12/h1-8,14H,9-11H2/t14-,18+/m1/s1. The van der Waals surface area contributed by atoms with Gasteiger partial charge in [0.2, 0.25) is 5.79 Å². The molecule has 0 amide bonds. The highest BCUT2D eigenvalue weighted by molar-refractivity contribution is 6.35. The molecule has 0 bridgehead atoms. The topological polar surface area (TPSA) is 44.8 Å². The molecule has 2 atom stereocenters. The van der Waals surface area contributed by atoms with Gasteiger partial charge in [0.05, 0.1) is 23.1 Å². The number of ether oxygens (including phenoxy) is 3. The zero-order valence-electron chi connectivity index (χ0n) is 13.1. The number of rotatable bonds is 5. The van der Waals surface area contributed by atoms with Crippen LogP contribution < -0.4 is 0 Å². The van der Waals surface area contributed by atoms with Crippen molar-refractivity contribution >= 4 is 40.8 Å².